The number of rotatable bonds is 1. The molecule has 0 aliphatic carbocycles. The van der Waals surface area contributed by atoms with Gasteiger partial charge in [-0.1, -0.05) is 0 Å². The Bertz CT molecular complexity index is 80.9. The van der Waals surface area contributed by atoms with E-state index in [2.05, 4.69) is 6.92 Å². The Labute approximate surface area is 54.4 Å². The van der Waals surface area contributed by atoms with Crippen molar-refractivity contribution in [3.63, 3.8) is 0 Å². The van der Waals surface area contributed by atoms with Crippen LogP contribution in [0.5, 0.6) is 0 Å². The van der Waals surface area contributed by atoms with E-state index in [1.165, 1.54) is 31.3 Å². The third-order valence-electron chi connectivity index (χ3n) is 2.19. The minimum atomic E-state index is -0.642. The third kappa shape index (κ3) is 1.23. The van der Waals surface area contributed by atoms with Gasteiger partial charge in [-0.2, -0.15) is 0 Å². The summed E-state index contributed by atoms with van der Waals surface area (Å²) in [6, 6.07) is 0. The van der Waals surface area contributed by atoms with Gasteiger partial charge >= 0.3 is 0 Å². The molecule has 1 aliphatic heterocycles. The molecule has 0 saturated carbocycles. The van der Waals surface area contributed by atoms with Gasteiger partial charge in [0.15, 0.2) is 0 Å². The molecular formula is C7H16P+. The maximum Gasteiger partial charge on any atom is 0.0672 e. The SMILES string of the molecule is [2H]C[P+]1(CC)CCCC1. The lowest BCUT2D eigenvalue weighted by atomic mass is 10.4. The van der Waals surface area contributed by atoms with E-state index in [4.69, 9.17) is 1.37 Å². The van der Waals surface area contributed by atoms with Gasteiger partial charge in [-0.15, -0.1) is 0 Å². The van der Waals surface area contributed by atoms with Crippen molar-refractivity contribution in [2.45, 2.75) is 19.8 Å². The average molecular weight is 132 g/mol. The largest absolute Gasteiger partial charge is 0.0672 e. The summed E-state index contributed by atoms with van der Waals surface area (Å²) in [5.41, 5.74) is 0. The van der Waals surface area contributed by atoms with Gasteiger partial charge in [0, 0.05) is 13.9 Å². The van der Waals surface area contributed by atoms with Gasteiger partial charge in [0.2, 0.25) is 0 Å². The van der Waals surface area contributed by atoms with Crippen LogP contribution in [0.25, 0.3) is 0 Å². The zero-order valence-electron chi connectivity index (χ0n) is 6.69. The molecule has 0 nitrogen and oxygen atoms in total. The first-order chi connectivity index (χ1) is 4.33. The zero-order valence-corrected chi connectivity index (χ0v) is 6.58. The highest BCUT2D eigenvalue weighted by molar-refractivity contribution is 7.75. The van der Waals surface area contributed by atoms with E-state index in [0.29, 0.717) is 0 Å². The summed E-state index contributed by atoms with van der Waals surface area (Å²) in [5.74, 6) is 0. The van der Waals surface area contributed by atoms with Crippen LogP contribution in [0.3, 0.4) is 0 Å². The van der Waals surface area contributed by atoms with E-state index in [-0.39, 0.29) is 0 Å². The summed E-state index contributed by atoms with van der Waals surface area (Å²) in [5, 5.41) is 0. The van der Waals surface area contributed by atoms with Gasteiger partial charge in [0.25, 0.3) is 0 Å². The summed E-state index contributed by atoms with van der Waals surface area (Å²) in [4.78, 5) is 0. The van der Waals surface area contributed by atoms with Crippen LogP contribution in [-0.4, -0.2) is 25.1 Å². The van der Waals surface area contributed by atoms with Crippen LogP contribution in [-0.2, 0) is 0 Å². The molecule has 1 rings (SSSR count). The lowest BCUT2D eigenvalue weighted by molar-refractivity contribution is 0.949. The van der Waals surface area contributed by atoms with Crippen LogP contribution >= 0.6 is 7.26 Å². The number of hydrogen-bond donors (Lipinski definition) is 0. The molecule has 0 unspecified atom stereocenters. The van der Waals surface area contributed by atoms with Gasteiger partial charge in [0.05, 0.1) is 19.9 Å². The molecule has 1 aliphatic rings. The second-order valence-electron chi connectivity index (χ2n) is 2.81. The molecular weight excluding hydrogens is 115 g/mol. The minimum absolute atomic E-state index is 0.642. The highest BCUT2D eigenvalue weighted by atomic mass is 31.2. The van der Waals surface area contributed by atoms with Crippen LogP contribution < -0.4 is 0 Å². The van der Waals surface area contributed by atoms with Crippen molar-refractivity contribution in [1.29, 1.82) is 0 Å². The van der Waals surface area contributed by atoms with Crippen LogP contribution in [0.4, 0.5) is 0 Å². The molecule has 0 bridgehead atoms. The third-order valence-corrected chi connectivity index (χ3v) is 6.06. The Hall–Kier alpha value is 0.430. The van der Waals surface area contributed by atoms with E-state index in [0.717, 1.165) is 6.64 Å². The fourth-order valence-electron chi connectivity index (χ4n) is 1.32. The first kappa shape index (κ1) is 5.23. The maximum atomic E-state index is 7.40. The quantitative estimate of drug-likeness (QED) is 0.481. The first-order valence-corrected chi connectivity index (χ1v) is 6.00. The second kappa shape index (κ2) is 2.35. The standard InChI is InChI=1S/C7H16P/c1-3-8(2)6-4-5-7-8/h3-7H2,1-2H3/q+1/i2D. The molecule has 1 heteroatoms. The van der Waals surface area contributed by atoms with E-state index in [1.807, 2.05) is 0 Å². The maximum absolute atomic E-state index is 7.40. The fraction of sp³-hybridized carbons (Fsp3) is 1.00. The highest BCUT2D eigenvalue weighted by Crippen LogP contribution is 2.59. The topological polar surface area (TPSA) is 0 Å². The summed E-state index contributed by atoms with van der Waals surface area (Å²) in [6.45, 7) is 3.04. The smallest absolute Gasteiger partial charge is 0.0311 e. The van der Waals surface area contributed by atoms with Crippen molar-refractivity contribution >= 4 is 7.26 Å². The van der Waals surface area contributed by atoms with Crippen molar-refractivity contribution < 1.29 is 1.37 Å². The molecule has 0 atom stereocenters. The lowest BCUT2D eigenvalue weighted by Gasteiger charge is -2.12. The van der Waals surface area contributed by atoms with Gasteiger partial charge in [-0.25, -0.2) is 0 Å². The Morgan fingerprint density at radius 1 is 1.50 bits per heavy atom. The van der Waals surface area contributed by atoms with E-state index in [9.17, 15) is 0 Å². The van der Waals surface area contributed by atoms with E-state index in [1.54, 1.807) is 0 Å². The van der Waals surface area contributed by atoms with Crippen molar-refractivity contribution in [3.05, 3.63) is 0 Å². The molecule has 0 radical (unpaired) electrons. The average Bonchev–Trinajstić information content (AvgIpc) is 2.36. The Morgan fingerprint density at radius 2 is 2.12 bits per heavy atom. The van der Waals surface area contributed by atoms with Crippen LogP contribution in [0.2, 0.25) is 0 Å². The molecule has 0 aromatic carbocycles. The fourth-order valence-corrected chi connectivity index (χ4v) is 3.97. The summed E-state index contributed by atoms with van der Waals surface area (Å²) < 4.78 is 7.40. The van der Waals surface area contributed by atoms with E-state index < -0.39 is 7.26 Å². The van der Waals surface area contributed by atoms with Crippen LogP contribution in [0.1, 0.15) is 21.1 Å². The predicted molar refractivity (Wildman–Crippen MR) is 42.4 cm³/mol. The Kier molecular flexibility index (Phi) is 1.54. The molecule has 0 N–H and O–H groups in total. The summed E-state index contributed by atoms with van der Waals surface area (Å²) in [7, 11) is -0.642. The predicted octanol–water partition coefficient (Wildman–Crippen LogP) is 2.45. The lowest BCUT2D eigenvalue weighted by Crippen LogP contribution is -1.93. The Morgan fingerprint density at radius 3 is 2.38 bits per heavy atom. The minimum Gasteiger partial charge on any atom is -0.0311 e. The van der Waals surface area contributed by atoms with Crippen LogP contribution in [0.15, 0.2) is 0 Å². The molecule has 1 heterocycles. The normalized spacial score (nSPS) is 27.9. The second-order valence-corrected chi connectivity index (χ2v) is 7.02. The first-order valence-electron chi connectivity index (χ1n) is 4.18. The number of hydrogen-bond acceptors (Lipinski definition) is 0. The monoisotopic (exact) mass is 132 g/mol. The van der Waals surface area contributed by atoms with Crippen LogP contribution in [0, 0.1) is 0 Å². The van der Waals surface area contributed by atoms with Gasteiger partial charge in [-0.05, 0) is 19.8 Å². The summed E-state index contributed by atoms with van der Waals surface area (Å²) in [6.07, 6.45) is 7.01. The highest BCUT2D eigenvalue weighted by Gasteiger charge is 2.32. The molecule has 1 saturated heterocycles. The van der Waals surface area contributed by atoms with Gasteiger partial charge < -0.3 is 0 Å². The van der Waals surface area contributed by atoms with Crippen molar-refractivity contribution in [3.8, 4) is 0 Å². The molecule has 0 spiro atoms. The Balaban J connectivity index is 2.45. The van der Waals surface area contributed by atoms with Crippen molar-refractivity contribution in [2.24, 2.45) is 0 Å². The van der Waals surface area contributed by atoms with E-state index >= 15 is 0 Å². The molecule has 0 aromatic rings. The zero-order chi connectivity index (χ0) is 6.74. The molecule has 48 valence electrons. The molecule has 0 aromatic heterocycles. The van der Waals surface area contributed by atoms with Gasteiger partial charge in [0.1, 0.15) is 0 Å². The molecule has 1 fully saturated rings. The van der Waals surface area contributed by atoms with Crippen molar-refractivity contribution in [1.82, 2.24) is 0 Å². The van der Waals surface area contributed by atoms with Crippen molar-refractivity contribution in [2.75, 3.05) is 25.1 Å². The molecule has 8 heavy (non-hydrogen) atoms. The summed E-state index contributed by atoms with van der Waals surface area (Å²) >= 11 is 0. The molecule has 0 amide bonds. The van der Waals surface area contributed by atoms with Gasteiger partial charge in [-0.3, -0.25) is 0 Å².